The maximum atomic E-state index is 14.2. The molecule has 0 saturated heterocycles. The lowest BCUT2D eigenvalue weighted by molar-refractivity contribution is -0.140. The van der Waals surface area contributed by atoms with E-state index >= 15 is 0 Å². The molecule has 1 aromatic heterocycles. The second kappa shape index (κ2) is 7.94. The summed E-state index contributed by atoms with van der Waals surface area (Å²) in [7, 11) is -2.54. The number of para-hydroxylation sites is 2. The molecule has 32 heavy (non-hydrogen) atoms. The van der Waals surface area contributed by atoms with E-state index in [1.165, 1.54) is 12.1 Å². The maximum Gasteiger partial charge on any atom is 0.419 e. The Labute approximate surface area is 181 Å². The van der Waals surface area contributed by atoms with Crippen LogP contribution in [0.3, 0.4) is 0 Å². The molecule has 5 nitrogen and oxygen atoms in total. The first-order valence-electron chi connectivity index (χ1n) is 9.44. The molecule has 0 bridgehead atoms. The summed E-state index contributed by atoms with van der Waals surface area (Å²) in [6.07, 6.45) is -4.85. The largest absolute Gasteiger partial charge is 0.419 e. The zero-order valence-corrected chi connectivity index (χ0v) is 17.5. The van der Waals surface area contributed by atoms with E-state index in [1.54, 1.807) is 54.1 Å². The van der Waals surface area contributed by atoms with E-state index < -0.39 is 34.1 Å². The number of anilines is 1. The predicted molar refractivity (Wildman–Crippen MR) is 112 cm³/mol. The van der Waals surface area contributed by atoms with Crippen molar-refractivity contribution in [2.75, 3.05) is 4.31 Å². The third-order valence-corrected chi connectivity index (χ3v) is 6.72. The van der Waals surface area contributed by atoms with Crippen LogP contribution in [-0.2, 0) is 29.8 Å². The molecule has 0 radical (unpaired) electrons. The van der Waals surface area contributed by atoms with Crippen LogP contribution in [0.2, 0.25) is 0 Å². The fraction of sp³-hybridized carbons (Fsp3) is 0.136. The van der Waals surface area contributed by atoms with Gasteiger partial charge in [0.1, 0.15) is 5.82 Å². The molecule has 4 rings (SSSR count). The Morgan fingerprint density at radius 2 is 1.62 bits per heavy atom. The third kappa shape index (κ3) is 3.93. The smallest absolute Gasteiger partial charge is 0.312 e. The lowest BCUT2D eigenvalue weighted by Gasteiger charge is -2.24. The molecule has 0 saturated carbocycles. The Morgan fingerprint density at radius 3 is 2.25 bits per heavy atom. The summed E-state index contributed by atoms with van der Waals surface area (Å²) < 4.78 is 82.4. The van der Waals surface area contributed by atoms with Gasteiger partial charge in [0.05, 0.1) is 28.0 Å². The number of hydrogen-bond donors (Lipinski definition) is 0. The summed E-state index contributed by atoms with van der Waals surface area (Å²) in [6.45, 7) is -0.413. The monoisotopic (exact) mass is 463 g/mol. The number of aromatic nitrogens is 2. The minimum atomic E-state index is -4.85. The molecule has 10 heteroatoms. The van der Waals surface area contributed by atoms with Crippen LogP contribution in [0.15, 0.2) is 77.7 Å². The minimum absolute atomic E-state index is 0.0283. The van der Waals surface area contributed by atoms with Crippen LogP contribution in [0.25, 0.3) is 11.0 Å². The fourth-order valence-electron chi connectivity index (χ4n) is 3.39. The van der Waals surface area contributed by atoms with E-state index in [1.807, 2.05) is 0 Å². The Hall–Kier alpha value is -3.40. The number of benzene rings is 3. The average Bonchev–Trinajstić information content (AvgIpc) is 3.08. The minimum Gasteiger partial charge on any atom is -0.312 e. The maximum absolute atomic E-state index is 14.2. The molecule has 0 amide bonds. The number of aryl methyl sites for hydroxylation is 1. The van der Waals surface area contributed by atoms with Crippen LogP contribution < -0.4 is 4.31 Å². The van der Waals surface area contributed by atoms with Crippen LogP contribution in [0.5, 0.6) is 0 Å². The van der Waals surface area contributed by atoms with Crippen molar-refractivity contribution in [3.05, 3.63) is 89.7 Å². The number of halogens is 4. The molecule has 0 aliphatic carbocycles. The molecule has 1 heterocycles. The summed E-state index contributed by atoms with van der Waals surface area (Å²) in [5.74, 6) is -1.42. The van der Waals surface area contributed by atoms with Gasteiger partial charge in [-0.05, 0) is 42.0 Å². The third-order valence-electron chi connectivity index (χ3n) is 4.98. The van der Waals surface area contributed by atoms with Gasteiger partial charge in [-0.25, -0.2) is 22.1 Å². The molecule has 3 aromatic carbocycles. The van der Waals surface area contributed by atoms with Crippen molar-refractivity contribution in [3.63, 3.8) is 0 Å². The normalized spacial score (nSPS) is 12.3. The number of alkyl halides is 3. The van der Waals surface area contributed by atoms with Gasteiger partial charge in [-0.15, -0.1) is 0 Å². The highest BCUT2D eigenvalue weighted by Crippen LogP contribution is 2.33. The molecule has 0 spiro atoms. The highest BCUT2D eigenvalue weighted by atomic mass is 32.2. The van der Waals surface area contributed by atoms with Gasteiger partial charge >= 0.3 is 6.18 Å². The molecular formula is C22H17F4N3O2S. The number of hydrogen-bond acceptors (Lipinski definition) is 3. The molecule has 0 aliphatic heterocycles. The number of imidazole rings is 1. The van der Waals surface area contributed by atoms with Gasteiger partial charge in [-0.2, -0.15) is 13.2 Å². The standard InChI is InChI=1S/C22H17F4N3O2S/c1-28-20-10-6-5-9-19(20)27-21(28)29(32(30,31)16-7-3-2-4-8-16)14-15-11-12-17(18(23)13-15)22(24,25)26/h2-13H,14H2,1H3. The summed E-state index contributed by atoms with van der Waals surface area (Å²) in [6, 6.07) is 16.9. The SMILES string of the molecule is Cn1c(N(Cc2ccc(C(F)(F)F)c(F)c2)S(=O)(=O)c2ccccc2)nc2ccccc21. The molecule has 0 N–H and O–H groups in total. The molecule has 166 valence electrons. The quantitative estimate of drug-likeness (QED) is 0.386. The molecule has 0 aliphatic rings. The van der Waals surface area contributed by atoms with Crippen molar-refractivity contribution < 1.29 is 26.0 Å². The molecular weight excluding hydrogens is 446 g/mol. The van der Waals surface area contributed by atoms with Crippen LogP contribution in [0.1, 0.15) is 11.1 Å². The lowest BCUT2D eigenvalue weighted by Crippen LogP contribution is -2.32. The van der Waals surface area contributed by atoms with Crippen molar-refractivity contribution in [1.82, 2.24) is 9.55 Å². The number of nitrogens with zero attached hydrogens (tertiary/aromatic N) is 3. The van der Waals surface area contributed by atoms with Crippen LogP contribution in [0, 0.1) is 5.82 Å². The molecule has 0 unspecified atom stereocenters. The molecule has 0 atom stereocenters. The highest BCUT2D eigenvalue weighted by molar-refractivity contribution is 7.92. The zero-order chi connectivity index (χ0) is 23.1. The van der Waals surface area contributed by atoms with E-state index in [9.17, 15) is 26.0 Å². The number of sulfonamides is 1. The predicted octanol–water partition coefficient (Wildman–Crippen LogP) is 5.13. The van der Waals surface area contributed by atoms with Crippen LogP contribution in [-0.4, -0.2) is 18.0 Å². The van der Waals surface area contributed by atoms with Gasteiger partial charge in [0.25, 0.3) is 10.0 Å². The van der Waals surface area contributed by atoms with Gasteiger partial charge in [-0.3, -0.25) is 0 Å². The first-order chi connectivity index (χ1) is 15.1. The zero-order valence-electron chi connectivity index (χ0n) is 16.7. The van der Waals surface area contributed by atoms with Crippen LogP contribution >= 0.6 is 0 Å². The van der Waals surface area contributed by atoms with Crippen molar-refractivity contribution in [1.29, 1.82) is 0 Å². The summed E-state index contributed by atoms with van der Waals surface area (Å²) >= 11 is 0. The number of rotatable bonds is 5. The summed E-state index contributed by atoms with van der Waals surface area (Å²) in [5.41, 5.74) is -0.172. The van der Waals surface area contributed by atoms with Gasteiger partial charge in [0.15, 0.2) is 0 Å². The highest BCUT2D eigenvalue weighted by Gasteiger charge is 2.35. The van der Waals surface area contributed by atoms with E-state index in [4.69, 9.17) is 0 Å². The van der Waals surface area contributed by atoms with E-state index in [-0.39, 0.29) is 16.4 Å². The van der Waals surface area contributed by atoms with Gasteiger partial charge in [0, 0.05) is 7.05 Å². The van der Waals surface area contributed by atoms with E-state index in [0.717, 1.165) is 10.4 Å². The second-order valence-corrected chi connectivity index (χ2v) is 8.96. The topological polar surface area (TPSA) is 55.2 Å². The number of fused-ring (bicyclic) bond motifs is 1. The van der Waals surface area contributed by atoms with Crippen molar-refractivity contribution in [2.45, 2.75) is 17.6 Å². The Balaban J connectivity index is 1.85. The first-order valence-corrected chi connectivity index (χ1v) is 10.9. The van der Waals surface area contributed by atoms with Gasteiger partial charge in [-0.1, -0.05) is 36.4 Å². The van der Waals surface area contributed by atoms with Gasteiger partial charge in [0.2, 0.25) is 5.95 Å². The summed E-state index contributed by atoms with van der Waals surface area (Å²) in [4.78, 5) is 4.39. The summed E-state index contributed by atoms with van der Waals surface area (Å²) in [5, 5.41) is 0. The Kier molecular flexibility index (Phi) is 5.41. The molecule has 4 aromatic rings. The fourth-order valence-corrected chi connectivity index (χ4v) is 4.84. The Morgan fingerprint density at radius 1 is 0.969 bits per heavy atom. The second-order valence-electron chi connectivity index (χ2n) is 7.10. The van der Waals surface area contributed by atoms with E-state index in [2.05, 4.69) is 4.98 Å². The average molecular weight is 463 g/mol. The van der Waals surface area contributed by atoms with Gasteiger partial charge < -0.3 is 4.57 Å². The Bertz CT molecular complexity index is 1380. The van der Waals surface area contributed by atoms with Crippen molar-refractivity contribution in [3.8, 4) is 0 Å². The van der Waals surface area contributed by atoms with Crippen molar-refractivity contribution in [2.24, 2.45) is 7.05 Å². The molecule has 0 fully saturated rings. The van der Waals surface area contributed by atoms with E-state index in [0.29, 0.717) is 23.2 Å². The lowest BCUT2D eigenvalue weighted by atomic mass is 10.1. The van der Waals surface area contributed by atoms with Crippen molar-refractivity contribution >= 4 is 27.0 Å². The van der Waals surface area contributed by atoms with Crippen LogP contribution in [0.4, 0.5) is 23.5 Å². The first kappa shape index (κ1) is 21.8.